The number of nitro groups is 1. The van der Waals surface area contributed by atoms with Gasteiger partial charge in [0.2, 0.25) is 0 Å². The Bertz CT molecular complexity index is 747. The third kappa shape index (κ3) is 4.50. The number of rotatable bonds is 5. The summed E-state index contributed by atoms with van der Waals surface area (Å²) >= 11 is 0. The number of aliphatic hydroxyl groups is 1. The van der Waals surface area contributed by atoms with Crippen LogP contribution in [0.15, 0.2) is 48.5 Å². The summed E-state index contributed by atoms with van der Waals surface area (Å²) in [6, 6.07) is 10.1. The Balaban J connectivity index is 1.96. The maximum Gasteiger partial charge on any atom is 0.319 e. The molecule has 0 bridgehead atoms. The zero-order chi connectivity index (χ0) is 17.7. The first-order valence-corrected chi connectivity index (χ1v) is 7.06. The van der Waals surface area contributed by atoms with Gasteiger partial charge in [-0.15, -0.1) is 0 Å². The smallest absolute Gasteiger partial charge is 0.319 e. The lowest BCUT2D eigenvalue weighted by Gasteiger charge is -2.24. The van der Waals surface area contributed by atoms with Crippen molar-refractivity contribution in [2.24, 2.45) is 0 Å². The van der Waals surface area contributed by atoms with Gasteiger partial charge in [0.15, 0.2) is 0 Å². The van der Waals surface area contributed by atoms with E-state index in [-0.39, 0.29) is 17.9 Å². The fraction of sp³-hybridized carbons (Fsp3) is 0.188. The Kier molecular flexibility index (Phi) is 5.10. The number of carbonyl (C=O) groups excluding carboxylic acids is 1. The van der Waals surface area contributed by atoms with Crippen LogP contribution in [0, 0.1) is 15.9 Å². The van der Waals surface area contributed by atoms with Gasteiger partial charge in [-0.3, -0.25) is 10.1 Å². The second kappa shape index (κ2) is 7.05. The molecule has 1 unspecified atom stereocenters. The number of carbonyl (C=O) groups is 1. The molecule has 0 aromatic heterocycles. The van der Waals surface area contributed by atoms with E-state index in [1.54, 1.807) is 0 Å². The van der Waals surface area contributed by atoms with E-state index in [1.165, 1.54) is 55.5 Å². The highest BCUT2D eigenvalue weighted by molar-refractivity contribution is 5.89. The molecule has 7 nitrogen and oxygen atoms in total. The molecule has 24 heavy (non-hydrogen) atoms. The average Bonchev–Trinajstić information content (AvgIpc) is 2.54. The highest BCUT2D eigenvalue weighted by atomic mass is 19.1. The van der Waals surface area contributed by atoms with Crippen molar-refractivity contribution in [3.63, 3.8) is 0 Å². The van der Waals surface area contributed by atoms with Crippen LogP contribution in [0.25, 0.3) is 0 Å². The minimum atomic E-state index is -1.40. The second-order valence-electron chi connectivity index (χ2n) is 5.40. The van der Waals surface area contributed by atoms with Gasteiger partial charge in [-0.05, 0) is 30.7 Å². The van der Waals surface area contributed by atoms with Gasteiger partial charge in [0.1, 0.15) is 11.4 Å². The molecule has 1 atom stereocenters. The number of hydrogen-bond donors (Lipinski definition) is 3. The Morgan fingerprint density at radius 1 is 1.29 bits per heavy atom. The van der Waals surface area contributed by atoms with Crippen LogP contribution in [-0.2, 0) is 5.60 Å². The number of nitro benzene ring substituents is 1. The van der Waals surface area contributed by atoms with Crippen molar-refractivity contribution >= 4 is 17.4 Å². The number of benzene rings is 2. The van der Waals surface area contributed by atoms with E-state index in [1.807, 2.05) is 0 Å². The van der Waals surface area contributed by atoms with Gasteiger partial charge in [-0.25, -0.2) is 9.18 Å². The lowest BCUT2D eigenvalue weighted by Crippen LogP contribution is -2.40. The van der Waals surface area contributed by atoms with Crippen LogP contribution in [0.4, 0.5) is 20.6 Å². The Hall–Kier alpha value is -3.00. The summed E-state index contributed by atoms with van der Waals surface area (Å²) in [4.78, 5) is 22.0. The van der Waals surface area contributed by atoms with E-state index in [0.29, 0.717) is 5.56 Å². The van der Waals surface area contributed by atoms with E-state index in [2.05, 4.69) is 10.6 Å². The van der Waals surface area contributed by atoms with Crippen molar-refractivity contribution in [2.45, 2.75) is 12.5 Å². The molecule has 0 radical (unpaired) electrons. The van der Waals surface area contributed by atoms with Crippen molar-refractivity contribution < 1.29 is 19.2 Å². The van der Waals surface area contributed by atoms with Crippen LogP contribution in [0.3, 0.4) is 0 Å². The highest BCUT2D eigenvalue weighted by Gasteiger charge is 2.23. The van der Waals surface area contributed by atoms with E-state index in [9.17, 15) is 24.4 Å². The lowest BCUT2D eigenvalue weighted by molar-refractivity contribution is -0.384. The summed E-state index contributed by atoms with van der Waals surface area (Å²) in [5.74, 6) is -0.425. The largest absolute Gasteiger partial charge is 0.384 e. The number of nitrogens with zero attached hydrogens (tertiary/aromatic N) is 1. The lowest BCUT2D eigenvalue weighted by atomic mass is 9.96. The number of non-ortho nitro benzene ring substituents is 1. The van der Waals surface area contributed by atoms with Gasteiger partial charge in [0.05, 0.1) is 11.5 Å². The first-order chi connectivity index (χ1) is 11.3. The third-order valence-corrected chi connectivity index (χ3v) is 3.37. The van der Waals surface area contributed by atoms with Crippen molar-refractivity contribution in [3.8, 4) is 0 Å². The van der Waals surface area contributed by atoms with Gasteiger partial charge in [0.25, 0.3) is 5.69 Å². The number of anilines is 1. The molecule has 0 aliphatic rings. The predicted molar refractivity (Wildman–Crippen MR) is 86.1 cm³/mol. The molecule has 3 N–H and O–H groups in total. The normalized spacial score (nSPS) is 13.0. The molecule has 0 spiro atoms. The quantitative estimate of drug-likeness (QED) is 0.578. The van der Waals surface area contributed by atoms with Gasteiger partial charge >= 0.3 is 6.03 Å². The zero-order valence-corrected chi connectivity index (χ0v) is 12.8. The summed E-state index contributed by atoms with van der Waals surface area (Å²) in [6.07, 6.45) is 0. The van der Waals surface area contributed by atoms with E-state index in [0.717, 1.165) is 0 Å². The molecule has 0 aliphatic carbocycles. The topological polar surface area (TPSA) is 104 Å². The molecular formula is C16H16FN3O4. The van der Waals surface area contributed by atoms with Gasteiger partial charge in [-0.1, -0.05) is 18.2 Å². The van der Waals surface area contributed by atoms with Gasteiger partial charge in [-0.2, -0.15) is 0 Å². The zero-order valence-electron chi connectivity index (χ0n) is 12.8. The van der Waals surface area contributed by atoms with Gasteiger partial charge in [0, 0.05) is 17.8 Å². The minimum absolute atomic E-state index is 0.126. The van der Waals surface area contributed by atoms with Crippen LogP contribution in [-0.4, -0.2) is 22.6 Å². The Morgan fingerprint density at radius 2 is 1.96 bits per heavy atom. The minimum Gasteiger partial charge on any atom is -0.384 e. The molecule has 2 aromatic rings. The Morgan fingerprint density at radius 3 is 2.58 bits per heavy atom. The summed E-state index contributed by atoms with van der Waals surface area (Å²) in [5, 5.41) is 26.0. The SMILES string of the molecule is CC(O)(CNC(=O)Nc1cccc([N+](=O)[O-])c1)c1ccc(F)cc1. The molecule has 0 saturated heterocycles. The average molecular weight is 333 g/mol. The van der Waals surface area contributed by atoms with Crippen LogP contribution >= 0.6 is 0 Å². The number of urea groups is 1. The first-order valence-electron chi connectivity index (χ1n) is 7.06. The monoisotopic (exact) mass is 333 g/mol. The summed E-state index contributed by atoms with van der Waals surface area (Å²) in [7, 11) is 0. The predicted octanol–water partition coefficient (Wildman–Crippen LogP) is 2.76. The molecule has 126 valence electrons. The molecular weight excluding hydrogens is 317 g/mol. The fourth-order valence-electron chi connectivity index (χ4n) is 2.04. The van der Waals surface area contributed by atoms with Crippen molar-refractivity contribution in [1.29, 1.82) is 0 Å². The molecule has 0 fully saturated rings. The number of hydrogen-bond acceptors (Lipinski definition) is 4. The number of amides is 2. The van der Waals surface area contributed by atoms with Crippen molar-refractivity contribution in [2.75, 3.05) is 11.9 Å². The fourth-order valence-corrected chi connectivity index (χ4v) is 2.04. The summed E-state index contributed by atoms with van der Waals surface area (Å²) in [5.41, 5.74) is -0.845. The molecule has 0 heterocycles. The van der Waals surface area contributed by atoms with Crippen molar-refractivity contribution in [1.82, 2.24) is 5.32 Å². The van der Waals surface area contributed by atoms with Crippen LogP contribution in [0.5, 0.6) is 0 Å². The van der Waals surface area contributed by atoms with E-state index in [4.69, 9.17) is 0 Å². The van der Waals surface area contributed by atoms with Crippen LogP contribution in [0.1, 0.15) is 12.5 Å². The number of halogens is 1. The van der Waals surface area contributed by atoms with Crippen LogP contribution < -0.4 is 10.6 Å². The van der Waals surface area contributed by atoms with E-state index < -0.39 is 22.4 Å². The highest BCUT2D eigenvalue weighted by Crippen LogP contribution is 2.20. The van der Waals surface area contributed by atoms with Crippen molar-refractivity contribution in [3.05, 3.63) is 70.0 Å². The second-order valence-corrected chi connectivity index (χ2v) is 5.40. The Labute approximate surface area is 137 Å². The number of nitrogens with one attached hydrogen (secondary N) is 2. The standard InChI is InChI=1S/C16H16FN3O4/c1-16(22,11-5-7-12(17)8-6-11)10-18-15(21)19-13-3-2-4-14(9-13)20(23)24/h2-9,22H,10H2,1H3,(H2,18,19,21). The molecule has 8 heteroatoms. The first kappa shape index (κ1) is 17.4. The summed E-state index contributed by atoms with van der Waals surface area (Å²) in [6.45, 7) is 1.35. The molecule has 2 amide bonds. The molecule has 0 saturated carbocycles. The molecule has 0 aliphatic heterocycles. The molecule has 2 aromatic carbocycles. The molecule has 2 rings (SSSR count). The third-order valence-electron chi connectivity index (χ3n) is 3.37. The van der Waals surface area contributed by atoms with Crippen LogP contribution in [0.2, 0.25) is 0 Å². The van der Waals surface area contributed by atoms with Gasteiger partial charge < -0.3 is 15.7 Å². The summed E-state index contributed by atoms with van der Waals surface area (Å²) < 4.78 is 12.9. The maximum absolute atomic E-state index is 12.9. The maximum atomic E-state index is 12.9. The van der Waals surface area contributed by atoms with E-state index >= 15 is 0 Å².